The molecule has 1 aromatic carbocycles. The number of rotatable bonds is 6. The van der Waals surface area contributed by atoms with Crippen LogP contribution in [0.15, 0.2) is 18.2 Å². The van der Waals surface area contributed by atoms with Crippen LogP contribution in [0.4, 0.5) is 0 Å². The molecule has 0 radical (unpaired) electrons. The molecule has 0 aliphatic carbocycles. The van der Waals surface area contributed by atoms with Gasteiger partial charge < -0.3 is 19.3 Å². The van der Waals surface area contributed by atoms with E-state index in [9.17, 15) is 5.11 Å². The van der Waals surface area contributed by atoms with Crippen LogP contribution < -0.4 is 9.47 Å². The standard InChI is InChI=1S/C12H18O4/c1-9(13)10-4-5-11(12(8-10)15-3)16-7-6-14-2/h4-5,8-9,13H,6-7H2,1-3H3/t9-/m1/s1. The molecule has 0 saturated heterocycles. The summed E-state index contributed by atoms with van der Waals surface area (Å²) in [5.41, 5.74) is 0.802. The molecule has 0 aliphatic heterocycles. The van der Waals surface area contributed by atoms with Gasteiger partial charge in [0.2, 0.25) is 0 Å². The van der Waals surface area contributed by atoms with Crippen molar-refractivity contribution >= 4 is 0 Å². The van der Waals surface area contributed by atoms with Gasteiger partial charge >= 0.3 is 0 Å². The number of benzene rings is 1. The normalized spacial score (nSPS) is 12.2. The summed E-state index contributed by atoms with van der Waals surface area (Å²) in [6.07, 6.45) is -0.512. The van der Waals surface area contributed by atoms with E-state index in [0.29, 0.717) is 24.7 Å². The highest BCUT2D eigenvalue weighted by atomic mass is 16.5. The smallest absolute Gasteiger partial charge is 0.161 e. The van der Waals surface area contributed by atoms with Gasteiger partial charge in [-0.2, -0.15) is 0 Å². The number of aliphatic hydroxyl groups excluding tert-OH is 1. The predicted octanol–water partition coefficient (Wildman–Crippen LogP) is 1.77. The Morgan fingerprint density at radius 3 is 2.50 bits per heavy atom. The van der Waals surface area contributed by atoms with Crippen LogP contribution in [0.1, 0.15) is 18.6 Å². The van der Waals surface area contributed by atoms with E-state index in [4.69, 9.17) is 14.2 Å². The molecular weight excluding hydrogens is 208 g/mol. The van der Waals surface area contributed by atoms with Gasteiger partial charge in [-0.15, -0.1) is 0 Å². The lowest BCUT2D eigenvalue weighted by Gasteiger charge is -2.12. The Morgan fingerprint density at radius 1 is 1.19 bits per heavy atom. The molecule has 16 heavy (non-hydrogen) atoms. The third-order valence-corrected chi connectivity index (χ3v) is 2.22. The SMILES string of the molecule is COCCOc1ccc([C@@H](C)O)cc1OC. The van der Waals surface area contributed by atoms with Gasteiger partial charge in [0, 0.05) is 7.11 Å². The molecule has 4 nitrogen and oxygen atoms in total. The van der Waals surface area contributed by atoms with Crippen LogP contribution >= 0.6 is 0 Å². The monoisotopic (exact) mass is 226 g/mol. The highest BCUT2D eigenvalue weighted by Crippen LogP contribution is 2.30. The first kappa shape index (κ1) is 12.8. The molecule has 0 aromatic heterocycles. The molecule has 0 aliphatic rings. The second kappa shape index (κ2) is 6.35. The summed E-state index contributed by atoms with van der Waals surface area (Å²) in [6, 6.07) is 5.37. The van der Waals surface area contributed by atoms with E-state index in [1.807, 2.05) is 6.07 Å². The van der Waals surface area contributed by atoms with E-state index in [1.54, 1.807) is 33.3 Å². The van der Waals surface area contributed by atoms with E-state index in [0.717, 1.165) is 5.56 Å². The van der Waals surface area contributed by atoms with Crippen LogP contribution in [-0.2, 0) is 4.74 Å². The molecule has 1 N–H and O–H groups in total. The molecule has 0 amide bonds. The first-order valence-electron chi connectivity index (χ1n) is 5.16. The van der Waals surface area contributed by atoms with E-state index < -0.39 is 6.10 Å². The van der Waals surface area contributed by atoms with Gasteiger partial charge in [-0.1, -0.05) is 6.07 Å². The highest BCUT2D eigenvalue weighted by molar-refractivity contribution is 5.43. The fourth-order valence-corrected chi connectivity index (χ4v) is 1.30. The van der Waals surface area contributed by atoms with Gasteiger partial charge in [0.1, 0.15) is 6.61 Å². The van der Waals surface area contributed by atoms with Gasteiger partial charge in [-0.05, 0) is 24.6 Å². The zero-order valence-electron chi connectivity index (χ0n) is 9.90. The Labute approximate surface area is 95.8 Å². The average Bonchev–Trinajstić information content (AvgIpc) is 2.29. The Balaban J connectivity index is 2.76. The van der Waals surface area contributed by atoms with Crippen LogP contribution in [0.5, 0.6) is 11.5 Å². The number of ether oxygens (including phenoxy) is 3. The summed E-state index contributed by atoms with van der Waals surface area (Å²) in [7, 11) is 3.20. The molecule has 0 bridgehead atoms. The lowest BCUT2D eigenvalue weighted by Crippen LogP contribution is -2.05. The summed E-state index contributed by atoms with van der Waals surface area (Å²) in [5.74, 6) is 1.28. The zero-order chi connectivity index (χ0) is 12.0. The topological polar surface area (TPSA) is 47.9 Å². The maximum absolute atomic E-state index is 9.43. The van der Waals surface area contributed by atoms with Crippen LogP contribution in [0.25, 0.3) is 0 Å². The molecule has 0 heterocycles. The third kappa shape index (κ3) is 3.40. The Morgan fingerprint density at radius 2 is 1.94 bits per heavy atom. The zero-order valence-corrected chi connectivity index (χ0v) is 9.90. The molecule has 1 atom stereocenters. The average molecular weight is 226 g/mol. The minimum atomic E-state index is -0.512. The fraction of sp³-hybridized carbons (Fsp3) is 0.500. The van der Waals surface area contributed by atoms with Crippen molar-refractivity contribution in [2.24, 2.45) is 0 Å². The van der Waals surface area contributed by atoms with Gasteiger partial charge in [0.05, 0.1) is 19.8 Å². The summed E-state index contributed by atoms with van der Waals surface area (Å²) < 4.78 is 15.6. The number of aliphatic hydroxyl groups is 1. The molecule has 0 unspecified atom stereocenters. The van der Waals surface area contributed by atoms with E-state index in [2.05, 4.69) is 0 Å². The lowest BCUT2D eigenvalue weighted by atomic mass is 10.1. The second-order valence-electron chi connectivity index (χ2n) is 3.43. The molecule has 0 spiro atoms. The third-order valence-electron chi connectivity index (χ3n) is 2.22. The summed E-state index contributed by atoms with van der Waals surface area (Å²) in [4.78, 5) is 0. The molecular formula is C12H18O4. The first-order chi connectivity index (χ1) is 7.69. The first-order valence-corrected chi connectivity index (χ1v) is 5.16. The Kier molecular flexibility index (Phi) is 5.08. The maximum atomic E-state index is 9.43. The molecule has 4 heteroatoms. The minimum Gasteiger partial charge on any atom is -0.493 e. The highest BCUT2D eigenvalue weighted by Gasteiger charge is 2.08. The Hall–Kier alpha value is -1.26. The van der Waals surface area contributed by atoms with Crippen molar-refractivity contribution in [3.63, 3.8) is 0 Å². The van der Waals surface area contributed by atoms with Crippen molar-refractivity contribution in [3.05, 3.63) is 23.8 Å². The molecule has 0 saturated carbocycles. The van der Waals surface area contributed by atoms with E-state index in [1.165, 1.54) is 0 Å². The summed E-state index contributed by atoms with van der Waals surface area (Å²) in [6.45, 7) is 2.71. The molecule has 90 valence electrons. The van der Waals surface area contributed by atoms with Gasteiger partial charge in [0.15, 0.2) is 11.5 Å². The largest absolute Gasteiger partial charge is 0.493 e. The van der Waals surface area contributed by atoms with Crippen LogP contribution in [0.2, 0.25) is 0 Å². The van der Waals surface area contributed by atoms with Crippen molar-refractivity contribution in [2.45, 2.75) is 13.0 Å². The molecule has 0 fully saturated rings. The molecule has 1 rings (SSSR count). The van der Waals surface area contributed by atoms with Crippen LogP contribution in [-0.4, -0.2) is 32.5 Å². The van der Waals surface area contributed by atoms with Crippen molar-refractivity contribution in [1.29, 1.82) is 0 Å². The van der Waals surface area contributed by atoms with Crippen molar-refractivity contribution < 1.29 is 19.3 Å². The van der Waals surface area contributed by atoms with Crippen LogP contribution in [0, 0.1) is 0 Å². The van der Waals surface area contributed by atoms with E-state index >= 15 is 0 Å². The number of hydrogen-bond donors (Lipinski definition) is 1. The number of methoxy groups -OCH3 is 2. The van der Waals surface area contributed by atoms with Gasteiger partial charge in [-0.3, -0.25) is 0 Å². The van der Waals surface area contributed by atoms with Gasteiger partial charge in [0.25, 0.3) is 0 Å². The van der Waals surface area contributed by atoms with Crippen molar-refractivity contribution in [2.75, 3.05) is 27.4 Å². The van der Waals surface area contributed by atoms with Gasteiger partial charge in [-0.25, -0.2) is 0 Å². The number of hydrogen-bond acceptors (Lipinski definition) is 4. The summed E-state index contributed by atoms with van der Waals surface area (Å²) >= 11 is 0. The summed E-state index contributed by atoms with van der Waals surface area (Å²) in [5, 5.41) is 9.43. The Bertz CT molecular complexity index is 323. The lowest BCUT2D eigenvalue weighted by molar-refractivity contribution is 0.144. The minimum absolute atomic E-state index is 0.473. The maximum Gasteiger partial charge on any atom is 0.161 e. The quantitative estimate of drug-likeness (QED) is 0.751. The van der Waals surface area contributed by atoms with E-state index in [-0.39, 0.29) is 0 Å². The fourth-order valence-electron chi connectivity index (χ4n) is 1.30. The second-order valence-corrected chi connectivity index (χ2v) is 3.43. The predicted molar refractivity (Wildman–Crippen MR) is 61.0 cm³/mol. The molecule has 1 aromatic rings. The van der Waals surface area contributed by atoms with Crippen molar-refractivity contribution in [1.82, 2.24) is 0 Å². The van der Waals surface area contributed by atoms with Crippen LogP contribution in [0.3, 0.4) is 0 Å². The van der Waals surface area contributed by atoms with Crippen molar-refractivity contribution in [3.8, 4) is 11.5 Å².